The normalized spacial score (nSPS) is 13.5. The van der Waals surface area contributed by atoms with Crippen molar-refractivity contribution in [1.29, 1.82) is 0 Å². The smallest absolute Gasteiger partial charge is 0.157 e. The molecule has 0 saturated carbocycles. The molecular weight excluding hydrogens is 164 g/mol. The van der Waals surface area contributed by atoms with E-state index in [1.54, 1.807) is 4.68 Å². The molecule has 62 valence electrons. The molecule has 0 bridgehead atoms. The molecule has 3 nitrogen and oxygen atoms in total. The molecule has 4 heteroatoms. The Kier molecular flexibility index (Phi) is 2.20. The van der Waals surface area contributed by atoms with Crippen LogP contribution in [0.4, 0.5) is 0 Å². The maximum atomic E-state index is 9.11. The van der Waals surface area contributed by atoms with E-state index in [0.717, 1.165) is 11.4 Å². The van der Waals surface area contributed by atoms with Crippen molar-refractivity contribution in [2.24, 2.45) is 7.05 Å². The first-order chi connectivity index (χ1) is 5.04. The van der Waals surface area contributed by atoms with Gasteiger partial charge in [0, 0.05) is 18.3 Å². The lowest BCUT2D eigenvalue weighted by Gasteiger charge is -2.01. The average molecular weight is 175 g/mol. The van der Waals surface area contributed by atoms with Crippen molar-refractivity contribution in [3.05, 3.63) is 17.0 Å². The van der Waals surface area contributed by atoms with E-state index in [0.29, 0.717) is 5.56 Å². The zero-order valence-electron chi connectivity index (χ0n) is 6.80. The molecule has 1 aromatic rings. The Morgan fingerprint density at radius 2 is 2.09 bits per heavy atom. The average Bonchev–Trinajstić information content (AvgIpc) is 2.07. The fourth-order valence-electron chi connectivity index (χ4n) is 1.13. The maximum Gasteiger partial charge on any atom is 0.157 e. The van der Waals surface area contributed by atoms with Gasteiger partial charge >= 0.3 is 0 Å². The van der Waals surface area contributed by atoms with E-state index in [9.17, 15) is 0 Å². The Morgan fingerprint density at radius 1 is 1.55 bits per heavy atom. The van der Waals surface area contributed by atoms with Crippen LogP contribution in [0.1, 0.15) is 22.5 Å². The molecule has 1 unspecified atom stereocenters. The number of alkyl halides is 1. The number of hydrogen-bond acceptors (Lipinski definition) is 2. The minimum Gasteiger partial charge on any atom is -0.373 e. The van der Waals surface area contributed by atoms with Gasteiger partial charge in [-0.05, 0) is 13.8 Å². The van der Waals surface area contributed by atoms with Gasteiger partial charge in [-0.15, -0.1) is 0 Å². The molecule has 11 heavy (non-hydrogen) atoms. The summed E-state index contributed by atoms with van der Waals surface area (Å²) in [6.45, 7) is 3.70. The SMILES string of the molecule is Cc1nn(C)c(C)c1C(O)Cl. The van der Waals surface area contributed by atoms with E-state index in [-0.39, 0.29) is 0 Å². The minimum atomic E-state index is -0.941. The van der Waals surface area contributed by atoms with Gasteiger partial charge in [0.25, 0.3) is 0 Å². The van der Waals surface area contributed by atoms with Crippen LogP contribution in [0.25, 0.3) is 0 Å². The highest BCUT2D eigenvalue weighted by Crippen LogP contribution is 2.23. The summed E-state index contributed by atoms with van der Waals surface area (Å²) in [7, 11) is 1.82. The Bertz CT molecular complexity index is 268. The number of nitrogens with zero attached hydrogens (tertiary/aromatic N) is 2. The summed E-state index contributed by atoms with van der Waals surface area (Å²) in [5, 5.41) is 13.2. The Hall–Kier alpha value is -0.540. The molecule has 0 saturated heterocycles. The molecule has 1 N–H and O–H groups in total. The number of aryl methyl sites for hydroxylation is 2. The summed E-state index contributed by atoms with van der Waals surface area (Å²) in [4.78, 5) is 0. The zero-order chi connectivity index (χ0) is 8.59. The van der Waals surface area contributed by atoms with Gasteiger partial charge in [0.05, 0.1) is 5.69 Å². The molecule has 0 aliphatic carbocycles. The van der Waals surface area contributed by atoms with Crippen molar-refractivity contribution in [2.75, 3.05) is 0 Å². The van der Waals surface area contributed by atoms with Gasteiger partial charge in [-0.1, -0.05) is 11.6 Å². The van der Waals surface area contributed by atoms with Gasteiger partial charge in [0.15, 0.2) is 5.56 Å². The van der Waals surface area contributed by atoms with Gasteiger partial charge in [0.2, 0.25) is 0 Å². The number of aliphatic hydroxyl groups excluding tert-OH is 1. The minimum absolute atomic E-state index is 0.717. The molecule has 0 fully saturated rings. The van der Waals surface area contributed by atoms with Crippen LogP contribution < -0.4 is 0 Å². The topological polar surface area (TPSA) is 38.0 Å². The van der Waals surface area contributed by atoms with Crippen molar-refractivity contribution >= 4 is 11.6 Å². The van der Waals surface area contributed by atoms with E-state index < -0.39 is 5.56 Å². The van der Waals surface area contributed by atoms with Crippen molar-refractivity contribution in [1.82, 2.24) is 9.78 Å². The van der Waals surface area contributed by atoms with Gasteiger partial charge in [-0.25, -0.2) is 0 Å². The lowest BCUT2D eigenvalue weighted by Crippen LogP contribution is -1.95. The highest BCUT2D eigenvalue weighted by molar-refractivity contribution is 6.19. The number of hydrogen-bond donors (Lipinski definition) is 1. The maximum absolute atomic E-state index is 9.11. The molecule has 0 spiro atoms. The third-order valence-electron chi connectivity index (χ3n) is 1.80. The van der Waals surface area contributed by atoms with E-state index in [4.69, 9.17) is 16.7 Å². The first-order valence-corrected chi connectivity index (χ1v) is 3.80. The quantitative estimate of drug-likeness (QED) is 0.652. The van der Waals surface area contributed by atoms with Gasteiger partial charge in [-0.3, -0.25) is 4.68 Å². The molecule has 0 amide bonds. The third kappa shape index (κ3) is 1.39. The van der Waals surface area contributed by atoms with E-state index in [1.807, 2.05) is 20.9 Å². The van der Waals surface area contributed by atoms with Crippen molar-refractivity contribution in [2.45, 2.75) is 19.4 Å². The predicted molar refractivity (Wildman–Crippen MR) is 43.5 cm³/mol. The summed E-state index contributed by atoms with van der Waals surface area (Å²) in [5.41, 5.74) is 1.47. The molecule has 1 heterocycles. The van der Waals surface area contributed by atoms with E-state index >= 15 is 0 Å². The Balaban J connectivity index is 3.22. The lowest BCUT2D eigenvalue weighted by molar-refractivity contribution is 0.261. The molecule has 1 aromatic heterocycles. The molecule has 0 aliphatic heterocycles. The highest BCUT2D eigenvalue weighted by Gasteiger charge is 2.14. The summed E-state index contributed by atoms with van der Waals surface area (Å²) in [6, 6.07) is 0. The van der Waals surface area contributed by atoms with Crippen LogP contribution in [0.15, 0.2) is 0 Å². The molecule has 0 aliphatic rings. The van der Waals surface area contributed by atoms with Crippen LogP contribution in [0, 0.1) is 13.8 Å². The van der Waals surface area contributed by atoms with Crippen LogP contribution >= 0.6 is 11.6 Å². The zero-order valence-corrected chi connectivity index (χ0v) is 7.55. The molecule has 0 radical (unpaired) electrons. The largest absolute Gasteiger partial charge is 0.373 e. The van der Waals surface area contributed by atoms with Crippen LogP contribution in [0.2, 0.25) is 0 Å². The van der Waals surface area contributed by atoms with Crippen LogP contribution in [-0.2, 0) is 7.05 Å². The second kappa shape index (κ2) is 2.83. The standard InChI is InChI=1S/C7H11ClN2O/c1-4-6(7(8)11)5(2)10(3)9-4/h7,11H,1-3H3. The van der Waals surface area contributed by atoms with Gasteiger partial charge in [-0.2, -0.15) is 5.10 Å². The van der Waals surface area contributed by atoms with Crippen molar-refractivity contribution in [3.8, 4) is 0 Å². The molecule has 0 aromatic carbocycles. The molecule has 1 rings (SSSR count). The lowest BCUT2D eigenvalue weighted by atomic mass is 10.2. The Morgan fingerprint density at radius 3 is 2.27 bits per heavy atom. The first-order valence-electron chi connectivity index (χ1n) is 3.36. The Labute approximate surface area is 70.6 Å². The number of halogens is 1. The predicted octanol–water partition coefficient (Wildman–Crippen LogP) is 1.27. The number of rotatable bonds is 1. The fourth-order valence-corrected chi connectivity index (χ4v) is 1.45. The first kappa shape index (κ1) is 8.56. The summed E-state index contributed by atoms with van der Waals surface area (Å²) < 4.78 is 1.70. The summed E-state index contributed by atoms with van der Waals surface area (Å²) in [6.07, 6.45) is 0. The van der Waals surface area contributed by atoms with E-state index in [1.165, 1.54) is 0 Å². The fraction of sp³-hybridized carbons (Fsp3) is 0.571. The van der Waals surface area contributed by atoms with Crippen LogP contribution in [-0.4, -0.2) is 14.9 Å². The summed E-state index contributed by atoms with van der Waals surface area (Å²) >= 11 is 5.53. The number of aromatic nitrogens is 2. The molecular formula is C7H11ClN2O. The van der Waals surface area contributed by atoms with Crippen molar-refractivity contribution in [3.63, 3.8) is 0 Å². The van der Waals surface area contributed by atoms with Crippen LogP contribution in [0.5, 0.6) is 0 Å². The van der Waals surface area contributed by atoms with Gasteiger partial charge < -0.3 is 5.11 Å². The number of aliphatic hydroxyl groups is 1. The second-order valence-electron chi connectivity index (χ2n) is 2.54. The van der Waals surface area contributed by atoms with Gasteiger partial charge in [0.1, 0.15) is 0 Å². The highest BCUT2D eigenvalue weighted by atomic mass is 35.5. The third-order valence-corrected chi connectivity index (χ3v) is 2.02. The van der Waals surface area contributed by atoms with E-state index in [2.05, 4.69) is 5.10 Å². The molecule has 1 atom stereocenters. The second-order valence-corrected chi connectivity index (χ2v) is 2.96. The van der Waals surface area contributed by atoms with Crippen molar-refractivity contribution < 1.29 is 5.11 Å². The summed E-state index contributed by atoms with van der Waals surface area (Å²) in [5.74, 6) is 0. The van der Waals surface area contributed by atoms with Crippen LogP contribution in [0.3, 0.4) is 0 Å². The monoisotopic (exact) mass is 174 g/mol.